The molecule has 0 bridgehead atoms. The number of ether oxygens (including phenoxy) is 1. The van der Waals surface area contributed by atoms with Crippen molar-refractivity contribution in [2.75, 3.05) is 13.2 Å². The van der Waals surface area contributed by atoms with Gasteiger partial charge in [0.25, 0.3) is 5.91 Å². The first-order chi connectivity index (χ1) is 13.7. The van der Waals surface area contributed by atoms with Gasteiger partial charge in [0.2, 0.25) is 17.0 Å². The molecule has 10 heteroatoms. The Morgan fingerprint density at radius 1 is 1.24 bits per heavy atom. The molecule has 0 aliphatic rings. The number of nitrogens with zero attached hydrogens (tertiary/aromatic N) is 2. The van der Waals surface area contributed by atoms with Crippen molar-refractivity contribution in [1.82, 2.24) is 20.4 Å². The van der Waals surface area contributed by atoms with Crippen LogP contribution in [0.15, 0.2) is 35.1 Å². The monoisotopic (exact) mass is 420 g/mol. The normalized spacial score (nSPS) is 11.4. The highest BCUT2D eigenvalue weighted by Crippen LogP contribution is 2.13. The van der Waals surface area contributed by atoms with E-state index in [1.807, 2.05) is 0 Å². The van der Waals surface area contributed by atoms with Crippen LogP contribution in [0.1, 0.15) is 30.0 Å². The van der Waals surface area contributed by atoms with Crippen molar-refractivity contribution in [2.45, 2.75) is 26.8 Å². The summed E-state index contributed by atoms with van der Waals surface area (Å²) in [5, 5.41) is 9.53. The standard InChI is InChI=1S/C19H21ClN4O5/c1-4-21-18(27)12(3)22-16(26)10-29-19(28)17-15(25)9-11(2)24(23-17)14-7-5-13(20)6-8-14/h5-9,12H,4,10H2,1-3H3,(H,21,27)(H,22,26)/t12-/m0/s1. The fraction of sp³-hybridized carbons (Fsp3) is 0.316. The van der Waals surface area contributed by atoms with Crippen LogP contribution in [0.5, 0.6) is 0 Å². The molecule has 1 aromatic heterocycles. The number of aromatic nitrogens is 2. The number of esters is 1. The molecule has 9 nitrogen and oxygen atoms in total. The number of carbonyl (C=O) groups excluding carboxylic acids is 3. The zero-order chi connectivity index (χ0) is 21.6. The Hall–Kier alpha value is -3.20. The molecule has 0 unspecified atom stereocenters. The fourth-order valence-electron chi connectivity index (χ4n) is 2.41. The largest absolute Gasteiger partial charge is 0.451 e. The van der Waals surface area contributed by atoms with Gasteiger partial charge in [-0.05, 0) is 45.0 Å². The van der Waals surface area contributed by atoms with E-state index in [-0.39, 0.29) is 5.91 Å². The van der Waals surface area contributed by atoms with Crippen LogP contribution in [0.25, 0.3) is 5.69 Å². The molecule has 2 rings (SSSR count). The zero-order valence-electron chi connectivity index (χ0n) is 16.2. The van der Waals surface area contributed by atoms with Gasteiger partial charge in [0.05, 0.1) is 5.69 Å². The number of benzene rings is 1. The van der Waals surface area contributed by atoms with Crippen molar-refractivity contribution in [2.24, 2.45) is 0 Å². The maximum absolute atomic E-state index is 12.3. The summed E-state index contributed by atoms with van der Waals surface area (Å²) in [6.45, 7) is 4.68. The summed E-state index contributed by atoms with van der Waals surface area (Å²) < 4.78 is 6.28. The van der Waals surface area contributed by atoms with Gasteiger partial charge in [-0.3, -0.25) is 14.4 Å². The number of carbonyl (C=O) groups is 3. The molecule has 0 aliphatic carbocycles. The van der Waals surface area contributed by atoms with E-state index in [4.69, 9.17) is 16.3 Å². The third-order valence-corrected chi connectivity index (χ3v) is 4.08. The van der Waals surface area contributed by atoms with Gasteiger partial charge >= 0.3 is 5.97 Å². The highest BCUT2D eigenvalue weighted by atomic mass is 35.5. The van der Waals surface area contributed by atoms with Crippen LogP contribution in [0, 0.1) is 6.92 Å². The molecular formula is C19H21ClN4O5. The molecule has 2 aromatic rings. The van der Waals surface area contributed by atoms with Crippen molar-refractivity contribution in [1.29, 1.82) is 0 Å². The molecule has 1 aromatic carbocycles. The summed E-state index contributed by atoms with van der Waals surface area (Å²) in [7, 11) is 0. The molecule has 1 atom stereocenters. The molecule has 154 valence electrons. The minimum atomic E-state index is -1.04. The molecule has 0 spiro atoms. The van der Waals surface area contributed by atoms with Crippen molar-refractivity contribution < 1.29 is 19.1 Å². The summed E-state index contributed by atoms with van der Waals surface area (Å²) in [6.07, 6.45) is 0. The number of nitrogens with one attached hydrogen (secondary N) is 2. The smallest absolute Gasteiger partial charge is 0.363 e. The van der Waals surface area contributed by atoms with Gasteiger partial charge in [0.1, 0.15) is 6.04 Å². The second-order valence-corrected chi connectivity index (χ2v) is 6.58. The lowest BCUT2D eigenvalue weighted by Gasteiger charge is -2.13. The third kappa shape index (κ3) is 5.89. The number of rotatable bonds is 7. The molecule has 1 heterocycles. The van der Waals surface area contributed by atoms with Crippen LogP contribution in [-0.2, 0) is 14.3 Å². The average molecular weight is 421 g/mol. The van der Waals surface area contributed by atoms with Crippen molar-refractivity contribution in [3.05, 3.63) is 57.0 Å². The Kier molecular flexibility index (Phi) is 7.49. The van der Waals surface area contributed by atoms with Gasteiger partial charge in [0, 0.05) is 23.3 Å². The molecule has 2 N–H and O–H groups in total. The Balaban J connectivity index is 2.10. The Bertz CT molecular complexity index is 972. The van der Waals surface area contributed by atoms with Gasteiger partial charge in [-0.1, -0.05) is 11.6 Å². The van der Waals surface area contributed by atoms with Crippen LogP contribution in [0.3, 0.4) is 0 Å². The summed E-state index contributed by atoms with van der Waals surface area (Å²) in [5.74, 6) is -2.08. The maximum atomic E-state index is 12.3. The van der Waals surface area contributed by atoms with Crippen molar-refractivity contribution in [3.8, 4) is 5.69 Å². The molecule has 0 saturated heterocycles. The van der Waals surface area contributed by atoms with Crippen LogP contribution in [0.2, 0.25) is 5.02 Å². The first kappa shape index (κ1) is 22.1. The van der Waals surface area contributed by atoms with E-state index in [1.54, 1.807) is 38.1 Å². The molecule has 0 radical (unpaired) electrons. The minimum Gasteiger partial charge on any atom is -0.451 e. The molecule has 0 fully saturated rings. The Morgan fingerprint density at radius 3 is 2.52 bits per heavy atom. The maximum Gasteiger partial charge on any atom is 0.363 e. The van der Waals surface area contributed by atoms with E-state index in [9.17, 15) is 19.2 Å². The number of hydrogen-bond donors (Lipinski definition) is 2. The topological polar surface area (TPSA) is 119 Å². The van der Waals surface area contributed by atoms with E-state index < -0.39 is 35.6 Å². The van der Waals surface area contributed by atoms with Gasteiger partial charge in [-0.2, -0.15) is 5.10 Å². The number of likely N-dealkylation sites (N-methyl/N-ethyl adjacent to an activating group) is 1. The highest BCUT2D eigenvalue weighted by Gasteiger charge is 2.20. The minimum absolute atomic E-state index is 0.363. The molecule has 0 aliphatic heterocycles. The lowest BCUT2D eigenvalue weighted by molar-refractivity contribution is -0.130. The van der Waals surface area contributed by atoms with E-state index in [0.717, 1.165) is 0 Å². The van der Waals surface area contributed by atoms with Gasteiger partial charge in [0.15, 0.2) is 6.61 Å². The second kappa shape index (κ2) is 9.83. The second-order valence-electron chi connectivity index (χ2n) is 6.15. The quantitative estimate of drug-likeness (QED) is 0.645. The number of aryl methyl sites for hydroxylation is 1. The summed E-state index contributed by atoms with van der Waals surface area (Å²) in [6, 6.07) is 7.11. The zero-order valence-corrected chi connectivity index (χ0v) is 16.9. The lowest BCUT2D eigenvalue weighted by Crippen LogP contribution is -2.46. The number of halogens is 1. The first-order valence-electron chi connectivity index (χ1n) is 8.84. The predicted octanol–water partition coefficient (Wildman–Crippen LogP) is 0.992. The predicted molar refractivity (Wildman–Crippen MR) is 106 cm³/mol. The summed E-state index contributed by atoms with van der Waals surface area (Å²) >= 11 is 5.87. The third-order valence-electron chi connectivity index (χ3n) is 3.83. The molecule has 0 saturated carbocycles. The average Bonchev–Trinajstić information content (AvgIpc) is 2.67. The summed E-state index contributed by atoms with van der Waals surface area (Å²) in [5.41, 5.74) is 0.000712. The Morgan fingerprint density at radius 2 is 1.90 bits per heavy atom. The van der Waals surface area contributed by atoms with E-state index in [1.165, 1.54) is 17.7 Å². The van der Waals surface area contributed by atoms with Gasteiger partial charge in [-0.25, -0.2) is 9.48 Å². The fourth-order valence-corrected chi connectivity index (χ4v) is 2.53. The Labute approximate surface area is 172 Å². The first-order valence-corrected chi connectivity index (χ1v) is 9.21. The molecule has 2 amide bonds. The molecular weight excluding hydrogens is 400 g/mol. The van der Waals surface area contributed by atoms with Crippen LogP contribution >= 0.6 is 11.6 Å². The van der Waals surface area contributed by atoms with Crippen LogP contribution in [-0.4, -0.2) is 46.8 Å². The molecule has 29 heavy (non-hydrogen) atoms. The summed E-state index contributed by atoms with van der Waals surface area (Å²) in [4.78, 5) is 47.9. The van der Waals surface area contributed by atoms with E-state index >= 15 is 0 Å². The SMILES string of the molecule is CCNC(=O)[C@H](C)NC(=O)COC(=O)c1nn(-c2ccc(Cl)cc2)c(C)cc1=O. The highest BCUT2D eigenvalue weighted by molar-refractivity contribution is 6.30. The van der Waals surface area contributed by atoms with Gasteiger partial charge < -0.3 is 15.4 Å². The van der Waals surface area contributed by atoms with E-state index in [2.05, 4.69) is 15.7 Å². The van der Waals surface area contributed by atoms with Crippen LogP contribution in [0.4, 0.5) is 0 Å². The van der Waals surface area contributed by atoms with Crippen molar-refractivity contribution >= 4 is 29.4 Å². The van der Waals surface area contributed by atoms with Crippen molar-refractivity contribution in [3.63, 3.8) is 0 Å². The number of amides is 2. The van der Waals surface area contributed by atoms with Crippen LogP contribution < -0.4 is 16.1 Å². The number of hydrogen-bond acceptors (Lipinski definition) is 6. The van der Waals surface area contributed by atoms with E-state index in [0.29, 0.717) is 22.9 Å². The lowest BCUT2D eigenvalue weighted by atomic mass is 10.3. The van der Waals surface area contributed by atoms with Gasteiger partial charge in [-0.15, -0.1) is 0 Å².